The van der Waals surface area contributed by atoms with Crippen molar-refractivity contribution >= 4 is 32.7 Å². The highest BCUT2D eigenvalue weighted by Crippen LogP contribution is 2.34. The van der Waals surface area contributed by atoms with Crippen LogP contribution in [0.1, 0.15) is 59.7 Å². The monoisotopic (exact) mass is 637 g/mol. The van der Waals surface area contributed by atoms with Crippen molar-refractivity contribution in [2.24, 2.45) is 0 Å². The number of piperidine rings is 1. The molecule has 0 bridgehead atoms. The zero-order valence-electron chi connectivity index (χ0n) is 26.7. The molecule has 1 aliphatic carbocycles. The number of nitrogens with zero attached hydrogens (tertiary/aromatic N) is 6. The number of benzene rings is 2. The van der Waals surface area contributed by atoms with Crippen LogP contribution in [0.5, 0.6) is 0 Å². The second-order valence-electron chi connectivity index (χ2n) is 12.8. The molecular formula is C35H39N7O3S. The first-order valence-electron chi connectivity index (χ1n) is 15.9. The second-order valence-corrected chi connectivity index (χ2v) is 14.9. The molecule has 1 N–H and O–H groups in total. The van der Waals surface area contributed by atoms with Gasteiger partial charge in [-0.15, -0.1) is 0 Å². The summed E-state index contributed by atoms with van der Waals surface area (Å²) in [6.45, 7) is 7.99. The van der Waals surface area contributed by atoms with Crippen LogP contribution in [0.25, 0.3) is 22.2 Å². The van der Waals surface area contributed by atoms with Gasteiger partial charge in [0.25, 0.3) is 15.6 Å². The molecule has 0 amide bonds. The van der Waals surface area contributed by atoms with Crippen molar-refractivity contribution in [2.75, 3.05) is 25.5 Å². The van der Waals surface area contributed by atoms with Crippen molar-refractivity contribution in [2.45, 2.75) is 64.2 Å². The maximum absolute atomic E-state index is 14.4. The van der Waals surface area contributed by atoms with Crippen molar-refractivity contribution in [1.82, 2.24) is 28.6 Å². The summed E-state index contributed by atoms with van der Waals surface area (Å²) in [7, 11) is -1.44. The van der Waals surface area contributed by atoms with Crippen LogP contribution in [-0.2, 0) is 16.6 Å². The first-order chi connectivity index (χ1) is 22.1. The number of anilines is 2. The van der Waals surface area contributed by atoms with Gasteiger partial charge in [-0.3, -0.25) is 9.36 Å². The van der Waals surface area contributed by atoms with E-state index in [1.165, 1.54) is 18.4 Å². The van der Waals surface area contributed by atoms with E-state index in [4.69, 9.17) is 4.98 Å². The van der Waals surface area contributed by atoms with Crippen molar-refractivity contribution in [3.63, 3.8) is 0 Å². The normalized spacial score (nSPS) is 17.4. The van der Waals surface area contributed by atoms with E-state index in [-0.39, 0.29) is 5.56 Å². The van der Waals surface area contributed by atoms with Gasteiger partial charge >= 0.3 is 0 Å². The van der Waals surface area contributed by atoms with Gasteiger partial charge in [0.2, 0.25) is 5.95 Å². The highest BCUT2D eigenvalue weighted by atomic mass is 32.2. The lowest BCUT2D eigenvalue weighted by atomic mass is 9.91. The summed E-state index contributed by atoms with van der Waals surface area (Å²) in [5.74, 6) is 0.919. The number of aromatic nitrogens is 5. The van der Waals surface area contributed by atoms with E-state index in [1.54, 1.807) is 30.7 Å². The first-order valence-corrected chi connectivity index (χ1v) is 17.4. The Morgan fingerprint density at radius 3 is 2.48 bits per heavy atom. The zero-order valence-corrected chi connectivity index (χ0v) is 27.5. The Morgan fingerprint density at radius 2 is 1.76 bits per heavy atom. The fraction of sp³-hybridized carbons (Fsp3) is 0.371. The molecule has 10 nitrogen and oxygen atoms in total. The van der Waals surface area contributed by atoms with Gasteiger partial charge in [-0.05, 0) is 101 Å². The molecule has 46 heavy (non-hydrogen) atoms. The van der Waals surface area contributed by atoms with E-state index < -0.39 is 15.3 Å². The average molecular weight is 638 g/mol. The maximum Gasteiger partial charge on any atom is 0.260 e. The molecule has 1 saturated carbocycles. The molecule has 1 saturated heterocycles. The molecule has 1 unspecified atom stereocenters. The van der Waals surface area contributed by atoms with Gasteiger partial charge in [0.1, 0.15) is 5.65 Å². The van der Waals surface area contributed by atoms with Gasteiger partial charge in [-0.2, -0.15) is 14.2 Å². The molecule has 2 fully saturated rings. The highest BCUT2D eigenvalue weighted by molar-refractivity contribution is 7.90. The third kappa shape index (κ3) is 5.62. The topological polar surface area (TPSA) is 115 Å². The lowest BCUT2D eigenvalue weighted by molar-refractivity contribution is 0.251. The minimum atomic E-state index is -3.61. The molecule has 11 heteroatoms. The Balaban J connectivity index is 1.29. The van der Waals surface area contributed by atoms with E-state index >= 15 is 0 Å². The molecule has 3 aromatic heterocycles. The minimum absolute atomic E-state index is 0.267. The van der Waals surface area contributed by atoms with Crippen LogP contribution in [-0.4, -0.2) is 62.4 Å². The Morgan fingerprint density at radius 1 is 1.00 bits per heavy atom. The standard InChI is InChI=1S/C35H39N7O3S/c1-22-8-5-6-9-26(22)21-41-33-28(18-31(34(41)43)32-23(2)39-42(24(32)3)46(44,45)30-15-16-30)19-36-35(38-33)37-29-13-11-25(12-14-29)27-10-7-17-40(4)20-27/h5-6,8-9,11-14,18-19,27,30H,7,10,15-17,20-21H2,1-4H3,(H,36,37,38). The number of hydrogen-bond acceptors (Lipinski definition) is 8. The molecule has 7 rings (SSSR count). The summed E-state index contributed by atoms with van der Waals surface area (Å²) in [6.07, 6.45) is 5.38. The van der Waals surface area contributed by atoms with Gasteiger partial charge in [-0.1, -0.05) is 36.4 Å². The van der Waals surface area contributed by atoms with E-state index in [9.17, 15) is 13.2 Å². The predicted molar refractivity (Wildman–Crippen MR) is 181 cm³/mol. The fourth-order valence-electron chi connectivity index (χ4n) is 6.67. The van der Waals surface area contributed by atoms with E-state index in [2.05, 4.69) is 51.6 Å². The molecule has 2 aromatic carbocycles. The largest absolute Gasteiger partial charge is 0.324 e. The lowest BCUT2D eigenvalue weighted by Crippen LogP contribution is -2.30. The summed E-state index contributed by atoms with van der Waals surface area (Å²) >= 11 is 0. The Kier molecular flexibility index (Phi) is 7.76. The fourth-order valence-corrected chi connectivity index (χ4v) is 8.40. The summed E-state index contributed by atoms with van der Waals surface area (Å²) in [4.78, 5) is 26.2. The molecule has 0 spiro atoms. The predicted octanol–water partition coefficient (Wildman–Crippen LogP) is 5.52. The maximum atomic E-state index is 14.4. The summed E-state index contributed by atoms with van der Waals surface area (Å²) in [5, 5.41) is 7.99. The SMILES string of the molecule is Cc1ccccc1Cn1c(=O)c(-c2c(C)nn(S(=O)(=O)C3CC3)c2C)cc2cnc(Nc3ccc(C4CCCN(C)C4)cc3)nc21. The van der Waals surface area contributed by atoms with Crippen LogP contribution in [0.2, 0.25) is 0 Å². The number of likely N-dealkylation sites (tertiary alicyclic amines) is 1. The van der Waals surface area contributed by atoms with Crippen LogP contribution in [0.3, 0.4) is 0 Å². The number of aryl methyl sites for hydroxylation is 2. The number of rotatable bonds is 8. The molecule has 5 aromatic rings. The summed E-state index contributed by atoms with van der Waals surface area (Å²) in [6, 6.07) is 18.2. The van der Waals surface area contributed by atoms with E-state index in [1.807, 2.05) is 31.2 Å². The smallest absolute Gasteiger partial charge is 0.260 e. The number of nitrogens with one attached hydrogen (secondary N) is 1. The van der Waals surface area contributed by atoms with Gasteiger partial charge in [-0.25, -0.2) is 13.4 Å². The van der Waals surface area contributed by atoms with Crippen molar-refractivity contribution in [3.8, 4) is 11.1 Å². The molecular weight excluding hydrogens is 598 g/mol. The quantitative estimate of drug-likeness (QED) is 0.237. The summed E-state index contributed by atoms with van der Waals surface area (Å²) < 4.78 is 29.1. The number of pyridine rings is 1. The van der Waals surface area contributed by atoms with Crippen molar-refractivity contribution in [3.05, 3.63) is 99.2 Å². The van der Waals surface area contributed by atoms with Crippen molar-refractivity contribution in [1.29, 1.82) is 0 Å². The highest BCUT2D eigenvalue weighted by Gasteiger charge is 2.39. The second kappa shape index (κ2) is 11.8. The Bertz CT molecular complexity index is 2120. The van der Waals surface area contributed by atoms with Crippen LogP contribution in [0.15, 0.2) is 65.6 Å². The first kappa shape index (κ1) is 30.3. The van der Waals surface area contributed by atoms with Crippen LogP contribution < -0.4 is 10.9 Å². The molecule has 0 radical (unpaired) electrons. The molecule has 2 aliphatic rings. The van der Waals surface area contributed by atoms with Crippen LogP contribution >= 0.6 is 0 Å². The van der Waals surface area contributed by atoms with Gasteiger partial charge in [0.05, 0.1) is 28.7 Å². The summed E-state index contributed by atoms with van der Waals surface area (Å²) in [5.41, 5.74) is 6.29. The Labute approximate surface area is 269 Å². The molecule has 1 atom stereocenters. The number of fused-ring (bicyclic) bond motifs is 1. The average Bonchev–Trinajstić information content (AvgIpc) is 3.86. The molecule has 4 heterocycles. The number of likely N-dealkylation sites (N-methyl/N-ethyl adjacent to an activating group) is 1. The van der Waals surface area contributed by atoms with Crippen molar-refractivity contribution < 1.29 is 8.42 Å². The Hall–Kier alpha value is -4.35. The number of hydrogen-bond donors (Lipinski definition) is 1. The van der Waals surface area contributed by atoms with Gasteiger partial charge in [0, 0.05) is 29.4 Å². The lowest BCUT2D eigenvalue weighted by Gasteiger charge is -2.30. The van der Waals surface area contributed by atoms with Crippen LogP contribution in [0.4, 0.5) is 11.6 Å². The third-order valence-electron chi connectivity index (χ3n) is 9.39. The van der Waals surface area contributed by atoms with Crippen LogP contribution in [0, 0.1) is 20.8 Å². The molecule has 1 aliphatic heterocycles. The minimum Gasteiger partial charge on any atom is -0.324 e. The van der Waals surface area contributed by atoms with Gasteiger partial charge < -0.3 is 10.2 Å². The third-order valence-corrected chi connectivity index (χ3v) is 11.5. The van der Waals surface area contributed by atoms with Gasteiger partial charge in [0.15, 0.2) is 0 Å². The molecule has 238 valence electrons. The zero-order chi connectivity index (χ0) is 32.2. The van der Waals surface area contributed by atoms with E-state index in [0.29, 0.717) is 64.8 Å². The van der Waals surface area contributed by atoms with E-state index in [0.717, 1.165) is 34.0 Å².